The molecule has 0 radical (unpaired) electrons. The molecular weight excluding hydrogens is 484 g/mol. The number of esters is 2. The highest BCUT2D eigenvalue weighted by molar-refractivity contribution is 9.14. The Morgan fingerprint density at radius 1 is 0.889 bits per heavy atom. The predicted octanol–water partition coefficient (Wildman–Crippen LogP) is 2.22. The second-order valence-corrected chi connectivity index (χ2v) is 9.21. The largest absolute Gasteiger partial charge is 0.466 e. The molecule has 5 aliphatic carbocycles. The van der Waals surface area contributed by atoms with Gasteiger partial charge >= 0.3 is 11.9 Å². The van der Waals surface area contributed by atoms with Crippen molar-refractivity contribution in [2.45, 2.75) is 6.42 Å². The maximum Gasteiger partial charge on any atom is 0.334 e. The number of ether oxygens (including phenoxy) is 2. The lowest BCUT2D eigenvalue weighted by Gasteiger charge is -2.73. The highest BCUT2D eigenvalue weighted by Crippen LogP contribution is 2.87. The van der Waals surface area contributed by atoms with Crippen LogP contribution in [-0.4, -0.2) is 37.7 Å². The molecule has 5 rings (SSSR count). The van der Waals surface area contributed by atoms with Crippen LogP contribution >= 0.6 is 31.9 Å². The third kappa shape index (κ3) is 1.44. The van der Waals surface area contributed by atoms with E-state index in [1.807, 2.05) is 12.2 Å². The average molecular weight is 498 g/mol. The second-order valence-electron chi connectivity index (χ2n) is 7.62. The predicted molar refractivity (Wildman–Crippen MR) is 98.5 cm³/mol. The van der Waals surface area contributed by atoms with E-state index >= 15 is 0 Å². The van der Waals surface area contributed by atoms with Gasteiger partial charge in [-0.25, -0.2) is 9.59 Å². The number of fused-ring (bicyclic) bond motifs is 3. The lowest BCUT2D eigenvalue weighted by atomic mass is 9.25. The lowest BCUT2D eigenvalue weighted by Crippen LogP contribution is -2.80. The molecule has 0 saturated heterocycles. The van der Waals surface area contributed by atoms with Crippen molar-refractivity contribution in [3.63, 3.8) is 0 Å². The minimum absolute atomic E-state index is 0.146. The third-order valence-corrected chi connectivity index (χ3v) is 9.36. The zero-order valence-electron chi connectivity index (χ0n) is 14.4. The summed E-state index contributed by atoms with van der Waals surface area (Å²) in [6.07, 6.45) is 4.62. The minimum Gasteiger partial charge on any atom is -0.466 e. The molecule has 2 saturated carbocycles. The summed E-state index contributed by atoms with van der Waals surface area (Å²) in [6, 6.07) is 0. The smallest absolute Gasteiger partial charge is 0.334 e. The van der Waals surface area contributed by atoms with E-state index in [0.717, 1.165) is 0 Å². The SMILES string of the molecule is COC(=O)C1=C(C(=O)OC)[C@H]2[C@@H]1[C@@]13C(=O)C(Br)=C(Br)C(=O)[C@@]21[C@@H]1C=C[C@H]3C1. The summed E-state index contributed by atoms with van der Waals surface area (Å²) in [7, 11) is 2.48. The monoisotopic (exact) mass is 496 g/mol. The van der Waals surface area contributed by atoms with Gasteiger partial charge in [0.15, 0.2) is 11.6 Å². The zero-order valence-corrected chi connectivity index (χ0v) is 17.5. The molecule has 6 atom stereocenters. The molecule has 0 spiro atoms. The summed E-state index contributed by atoms with van der Waals surface area (Å²) < 4.78 is 10.2. The van der Waals surface area contributed by atoms with Crippen LogP contribution in [0.1, 0.15) is 6.42 Å². The Morgan fingerprint density at radius 2 is 1.26 bits per heavy atom. The Balaban J connectivity index is 1.82. The molecule has 0 aliphatic heterocycles. The van der Waals surface area contributed by atoms with Crippen LogP contribution in [0.25, 0.3) is 0 Å². The molecule has 0 heterocycles. The summed E-state index contributed by atoms with van der Waals surface area (Å²) in [5.41, 5.74) is -1.70. The third-order valence-electron chi connectivity index (χ3n) is 7.32. The van der Waals surface area contributed by atoms with Gasteiger partial charge in [-0.2, -0.15) is 0 Å². The molecule has 5 aliphatic rings. The van der Waals surface area contributed by atoms with Gasteiger partial charge in [0.25, 0.3) is 0 Å². The van der Waals surface area contributed by atoms with Crippen LogP contribution in [0.5, 0.6) is 0 Å². The van der Waals surface area contributed by atoms with Crippen LogP contribution in [-0.2, 0) is 28.7 Å². The van der Waals surface area contributed by atoms with Gasteiger partial charge in [0.1, 0.15) is 0 Å². The number of Topliss-reactive ketones (excluding diaryl/α,β-unsaturated/α-hetero) is 2. The lowest BCUT2D eigenvalue weighted by molar-refractivity contribution is -0.209. The van der Waals surface area contributed by atoms with Crippen LogP contribution in [0.2, 0.25) is 0 Å². The van der Waals surface area contributed by atoms with Crippen LogP contribution in [0, 0.1) is 34.5 Å². The van der Waals surface area contributed by atoms with Gasteiger partial charge in [0, 0.05) is 11.8 Å². The number of hydrogen-bond acceptors (Lipinski definition) is 6. The van der Waals surface area contributed by atoms with Gasteiger partial charge in [-0.3, -0.25) is 9.59 Å². The number of halogens is 2. The van der Waals surface area contributed by atoms with Crippen molar-refractivity contribution in [2.75, 3.05) is 14.2 Å². The number of ketones is 2. The highest BCUT2D eigenvalue weighted by atomic mass is 79.9. The molecule has 140 valence electrons. The van der Waals surface area contributed by atoms with Crippen molar-refractivity contribution >= 4 is 55.4 Å². The molecule has 6 nitrogen and oxygen atoms in total. The van der Waals surface area contributed by atoms with Gasteiger partial charge in [0.2, 0.25) is 0 Å². The number of carbonyl (C=O) groups excluding carboxylic acids is 4. The summed E-state index contributed by atoms with van der Waals surface area (Å²) >= 11 is 6.56. The van der Waals surface area contributed by atoms with Crippen LogP contribution < -0.4 is 0 Å². The Kier molecular flexibility index (Phi) is 3.30. The van der Waals surface area contributed by atoms with Gasteiger partial charge in [0.05, 0.1) is 45.2 Å². The fraction of sp³-hybridized carbons (Fsp3) is 0.474. The minimum atomic E-state index is -1.04. The Hall–Kier alpha value is -1.54. The maximum absolute atomic E-state index is 13.5. The van der Waals surface area contributed by atoms with E-state index in [-0.39, 0.29) is 43.5 Å². The summed E-state index contributed by atoms with van der Waals surface area (Å²) in [6.45, 7) is 0. The molecule has 0 aromatic rings. The van der Waals surface area contributed by atoms with E-state index in [4.69, 9.17) is 9.47 Å². The van der Waals surface area contributed by atoms with Gasteiger partial charge in [-0.1, -0.05) is 12.2 Å². The van der Waals surface area contributed by atoms with Crippen molar-refractivity contribution in [1.29, 1.82) is 0 Å². The normalized spacial score (nSPS) is 43.0. The highest BCUT2D eigenvalue weighted by Gasteiger charge is 2.91. The Bertz CT molecular complexity index is 901. The number of methoxy groups -OCH3 is 2. The van der Waals surface area contributed by atoms with E-state index in [2.05, 4.69) is 31.9 Å². The van der Waals surface area contributed by atoms with Crippen molar-refractivity contribution in [3.8, 4) is 0 Å². The second kappa shape index (κ2) is 5.08. The first-order chi connectivity index (χ1) is 12.8. The fourth-order valence-corrected chi connectivity index (χ4v) is 7.69. The molecule has 2 fully saturated rings. The zero-order chi connectivity index (χ0) is 19.5. The molecule has 0 N–H and O–H groups in total. The molecule has 0 aromatic carbocycles. The van der Waals surface area contributed by atoms with E-state index in [1.54, 1.807) is 0 Å². The first kappa shape index (κ1) is 17.6. The fourth-order valence-electron chi connectivity index (χ4n) is 6.67. The van der Waals surface area contributed by atoms with Gasteiger partial charge < -0.3 is 9.47 Å². The van der Waals surface area contributed by atoms with Gasteiger partial charge in [-0.15, -0.1) is 0 Å². The topological polar surface area (TPSA) is 86.7 Å². The standard InChI is InChI=1S/C19H14Br2O6/c1-26-16(24)8-9(17(25)27-2)11-10(8)18-6-3-4-7(5-6)19(11,18)15(23)13(21)12(20)14(18)22/h3-4,6-7,10-11H,5H2,1-2H3/t6-,7+,10+,11-,18-,19+. The quantitative estimate of drug-likeness (QED) is 0.429. The summed E-state index contributed by atoms with van der Waals surface area (Å²) in [4.78, 5) is 52.0. The van der Waals surface area contributed by atoms with Crippen molar-refractivity contribution < 1.29 is 28.7 Å². The van der Waals surface area contributed by atoms with E-state index in [1.165, 1.54) is 14.2 Å². The molecule has 8 heteroatoms. The number of rotatable bonds is 2. The van der Waals surface area contributed by atoms with Crippen molar-refractivity contribution in [2.24, 2.45) is 34.5 Å². The molecule has 2 bridgehead atoms. The van der Waals surface area contributed by atoms with Gasteiger partial charge in [-0.05, 0) is 50.1 Å². The summed E-state index contributed by atoms with van der Waals surface area (Å²) in [5, 5.41) is 0. The molecular formula is C19H14Br2O6. The van der Waals surface area contributed by atoms with Crippen molar-refractivity contribution in [3.05, 3.63) is 32.3 Å². The molecule has 27 heavy (non-hydrogen) atoms. The van der Waals surface area contributed by atoms with Crippen LogP contribution in [0.4, 0.5) is 0 Å². The Labute approximate surface area is 171 Å². The Morgan fingerprint density at radius 3 is 1.59 bits per heavy atom. The number of hydrogen-bond donors (Lipinski definition) is 0. The average Bonchev–Trinajstić information content (AvgIpc) is 3.21. The molecule has 0 aromatic heterocycles. The van der Waals surface area contributed by atoms with E-state index < -0.39 is 34.6 Å². The molecule has 0 amide bonds. The van der Waals surface area contributed by atoms with Crippen molar-refractivity contribution in [1.82, 2.24) is 0 Å². The van der Waals surface area contributed by atoms with E-state index in [9.17, 15) is 19.2 Å². The first-order valence-corrected chi connectivity index (χ1v) is 10.1. The first-order valence-electron chi connectivity index (χ1n) is 8.55. The summed E-state index contributed by atoms with van der Waals surface area (Å²) in [5.74, 6) is -2.96. The van der Waals surface area contributed by atoms with E-state index in [0.29, 0.717) is 6.42 Å². The van der Waals surface area contributed by atoms with Crippen LogP contribution in [0.3, 0.4) is 0 Å². The maximum atomic E-state index is 13.5. The van der Waals surface area contributed by atoms with Crippen LogP contribution in [0.15, 0.2) is 32.3 Å². The number of carbonyl (C=O) groups is 4. The number of allylic oxidation sites excluding steroid dienone is 4. The molecule has 0 unspecified atom stereocenters.